The van der Waals surface area contributed by atoms with Crippen LogP contribution in [0.3, 0.4) is 0 Å². The first kappa shape index (κ1) is 15.4. The molecule has 1 aliphatic rings. The van der Waals surface area contributed by atoms with E-state index < -0.39 is 5.97 Å². The Kier molecular flexibility index (Phi) is 7.39. The van der Waals surface area contributed by atoms with Gasteiger partial charge in [0.2, 0.25) is 0 Å². The van der Waals surface area contributed by atoms with E-state index in [1.807, 2.05) is 0 Å². The van der Waals surface area contributed by atoms with E-state index in [9.17, 15) is 9.90 Å². The molecule has 3 nitrogen and oxygen atoms in total. The fourth-order valence-electron chi connectivity index (χ4n) is 2.15. The van der Waals surface area contributed by atoms with Crippen molar-refractivity contribution in [1.29, 1.82) is 0 Å². The van der Waals surface area contributed by atoms with Crippen molar-refractivity contribution in [3.05, 3.63) is 0 Å². The van der Waals surface area contributed by atoms with E-state index in [0.717, 1.165) is 12.3 Å². The molecule has 0 aliphatic heterocycles. The Labute approximate surface area is 98.9 Å². The Morgan fingerprint density at radius 3 is 2.19 bits per heavy atom. The molecule has 1 aliphatic carbocycles. The number of carboxylic acids is 1. The standard InChI is InChI=1S/C10H20O.C3H6O2/c1-7(2)9-5-4-8(3)6-10(9)11;1-2-3(4)5/h7-11H,4-6H2,1-3H3;2H2,1H3,(H,4,5). The summed E-state index contributed by atoms with van der Waals surface area (Å²) in [6.07, 6.45) is 3.74. The van der Waals surface area contributed by atoms with Gasteiger partial charge in [-0.25, -0.2) is 0 Å². The SMILES string of the molecule is CC1CCC(C(C)C)C(O)C1.CCC(=O)O. The molecule has 0 spiro atoms. The Morgan fingerprint density at radius 2 is 1.88 bits per heavy atom. The van der Waals surface area contributed by atoms with E-state index in [0.29, 0.717) is 11.8 Å². The van der Waals surface area contributed by atoms with Crippen LogP contribution in [0.4, 0.5) is 0 Å². The Balaban J connectivity index is 0.000000385. The monoisotopic (exact) mass is 230 g/mol. The van der Waals surface area contributed by atoms with Crippen molar-refractivity contribution >= 4 is 5.97 Å². The van der Waals surface area contributed by atoms with Gasteiger partial charge in [0.15, 0.2) is 0 Å². The minimum atomic E-state index is -0.745. The molecule has 0 heterocycles. The third-order valence-electron chi connectivity index (χ3n) is 3.29. The van der Waals surface area contributed by atoms with Crippen molar-refractivity contribution < 1.29 is 15.0 Å². The number of carboxylic acid groups (broad SMARTS) is 1. The predicted molar refractivity (Wildman–Crippen MR) is 65.3 cm³/mol. The zero-order chi connectivity index (χ0) is 12.7. The van der Waals surface area contributed by atoms with E-state index >= 15 is 0 Å². The van der Waals surface area contributed by atoms with E-state index in [4.69, 9.17) is 5.11 Å². The summed E-state index contributed by atoms with van der Waals surface area (Å²) in [4.78, 5) is 9.37. The largest absolute Gasteiger partial charge is 0.481 e. The van der Waals surface area contributed by atoms with Gasteiger partial charge >= 0.3 is 5.97 Å². The number of hydrogen-bond acceptors (Lipinski definition) is 2. The molecule has 1 saturated carbocycles. The summed E-state index contributed by atoms with van der Waals surface area (Å²) in [7, 11) is 0. The van der Waals surface area contributed by atoms with E-state index in [1.54, 1.807) is 6.92 Å². The van der Waals surface area contributed by atoms with Gasteiger partial charge in [-0.15, -0.1) is 0 Å². The van der Waals surface area contributed by atoms with Gasteiger partial charge in [0.25, 0.3) is 0 Å². The molecular weight excluding hydrogens is 204 g/mol. The molecule has 0 aromatic rings. The van der Waals surface area contributed by atoms with Gasteiger partial charge in [0.05, 0.1) is 6.10 Å². The average molecular weight is 230 g/mol. The molecule has 3 heteroatoms. The fraction of sp³-hybridized carbons (Fsp3) is 0.923. The summed E-state index contributed by atoms with van der Waals surface area (Å²) in [5.41, 5.74) is 0. The molecule has 1 fully saturated rings. The number of aliphatic hydroxyl groups is 1. The highest BCUT2D eigenvalue weighted by Crippen LogP contribution is 2.33. The third kappa shape index (κ3) is 6.11. The second kappa shape index (κ2) is 7.66. The molecule has 3 unspecified atom stereocenters. The minimum Gasteiger partial charge on any atom is -0.481 e. The molecule has 0 bridgehead atoms. The van der Waals surface area contributed by atoms with Gasteiger partial charge < -0.3 is 10.2 Å². The topological polar surface area (TPSA) is 57.5 Å². The summed E-state index contributed by atoms with van der Waals surface area (Å²) >= 11 is 0. The van der Waals surface area contributed by atoms with Crippen LogP contribution in [0.15, 0.2) is 0 Å². The van der Waals surface area contributed by atoms with Crippen molar-refractivity contribution in [2.45, 2.75) is 59.5 Å². The van der Waals surface area contributed by atoms with Crippen LogP contribution < -0.4 is 0 Å². The van der Waals surface area contributed by atoms with Crippen molar-refractivity contribution in [2.75, 3.05) is 0 Å². The Bertz CT molecular complexity index is 201. The van der Waals surface area contributed by atoms with Gasteiger partial charge in [-0.3, -0.25) is 4.79 Å². The van der Waals surface area contributed by atoms with Crippen molar-refractivity contribution in [2.24, 2.45) is 17.8 Å². The van der Waals surface area contributed by atoms with Crippen LogP contribution in [0.1, 0.15) is 53.4 Å². The van der Waals surface area contributed by atoms with Gasteiger partial charge in [-0.05, 0) is 30.6 Å². The molecule has 96 valence electrons. The van der Waals surface area contributed by atoms with Crippen molar-refractivity contribution in [3.63, 3.8) is 0 Å². The number of carbonyl (C=O) groups is 1. The Morgan fingerprint density at radius 1 is 1.38 bits per heavy atom. The summed E-state index contributed by atoms with van der Waals surface area (Å²) in [5, 5.41) is 17.4. The average Bonchev–Trinajstić information content (AvgIpc) is 2.17. The molecule has 0 aromatic heterocycles. The van der Waals surface area contributed by atoms with Crippen LogP contribution in [0.5, 0.6) is 0 Å². The molecule has 1 rings (SSSR count). The zero-order valence-corrected chi connectivity index (χ0v) is 10.9. The first-order valence-electron chi connectivity index (χ1n) is 6.28. The van der Waals surface area contributed by atoms with E-state index in [-0.39, 0.29) is 12.5 Å². The van der Waals surface area contributed by atoms with Crippen LogP contribution in [-0.4, -0.2) is 22.3 Å². The van der Waals surface area contributed by atoms with Gasteiger partial charge in [-0.1, -0.05) is 34.1 Å². The number of aliphatic carboxylic acids is 1. The fourth-order valence-corrected chi connectivity index (χ4v) is 2.15. The first-order valence-corrected chi connectivity index (χ1v) is 6.28. The third-order valence-corrected chi connectivity index (χ3v) is 3.29. The summed E-state index contributed by atoms with van der Waals surface area (Å²) in [6, 6.07) is 0. The lowest BCUT2D eigenvalue weighted by Gasteiger charge is -2.33. The van der Waals surface area contributed by atoms with Gasteiger partial charge in [-0.2, -0.15) is 0 Å². The van der Waals surface area contributed by atoms with Gasteiger partial charge in [0, 0.05) is 6.42 Å². The molecular formula is C13H26O3. The van der Waals surface area contributed by atoms with Crippen LogP contribution in [0, 0.1) is 17.8 Å². The van der Waals surface area contributed by atoms with Crippen LogP contribution in [0.2, 0.25) is 0 Å². The molecule has 0 amide bonds. The van der Waals surface area contributed by atoms with Crippen LogP contribution in [0.25, 0.3) is 0 Å². The van der Waals surface area contributed by atoms with Crippen LogP contribution >= 0.6 is 0 Å². The summed E-state index contributed by atoms with van der Waals surface area (Å²) < 4.78 is 0. The van der Waals surface area contributed by atoms with Gasteiger partial charge in [0.1, 0.15) is 0 Å². The lowest BCUT2D eigenvalue weighted by atomic mass is 9.75. The summed E-state index contributed by atoms with van der Waals surface area (Å²) in [6.45, 7) is 8.26. The maximum absolute atomic E-state index is 9.71. The van der Waals surface area contributed by atoms with Crippen molar-refractivity contribution in [3.8, 4) is 0 Å². The lowest BCUT2D eigenvalue weighted by molar-refractivity contribution is -0.136. The quantitative estimate of drug-likeness (QED) is 0.767. The highest BCUT2D eigenvalue weighted by atomic mass is 16.4. The minimum absolute atomic E-state index is 0.0289. The van der Waals surface area contributed by atoms with Crippen LogP contribution in [-0.2, 0) is 4.79 Å². The second-order valence-corrected chi connectivity index (χ2v) is 5.14. The van der Waals surface area contributed by atoms with E-state index in [1.165, 1.54) is 12.8 Å². The molecule has 16 heavy (non-hydrogen) atoms. The molecule has 2 N–H and O–H groups in total. The normalized spacial score (nSPS) is 29.5. The Hall–Kier alpha value is -0.570. The second-order valence-electron chi connectivity index (χ2n) is 5.14. The maximum Gasteiger partial charge on any atom is 0.303 e. The van der Waals surface area contributed by atoms with E-state index in [2.05, 4.69) is 20.8 Å². The zero-order valence-electron chi connectivity index (χ0n) is 10.9. The molecule has 3 atom stereocenters. The highest BCUT2D eigenvalue weighted by Gasteiger charge is 2.28. The number of rotatable bonds is 2. The maximum atomic E-state index is 9.71. The van der Waals surface area contributed by atoms with Crippen molar-refractivity contribution in [1.82, 2.24) is 0 Å². The first-order chi connectivity index (χ1) is 7.38. The summed E-state index contributed by atoms with van der Waals surface area (Å²) in [5.74, 6) is 1.20. The molecule has 0 saturated heterocycles. The number of hydrogen-bond donors (Lipinski definition) is 2. The lowest BCUT2D eigenvalue weighted by Crippen LogP contribution is -2.31. The number of aliphatic hydroxyl groups excluding tert-OH is 1. The molecule has 0 radical (unpaired) electrons. The highest BCUT2D eigenvalue weighted by molar-refractivity contribution is 5.66. The predicted octanol–water partition coefficient (Wildman–Crippen LogP) is 2.92. The smallest absolute Gasteiger partial charge is 0.303 e. The molecule has 0 aromatic carbocycles.